The van der Waals surface area contributed by atoms with Gasteiger partial charge in [-0.1, -0.05) is 47.5 Å². The van der Waals surface area contributed by atoms with Gasteiger partial charge in [0.15, 0.2) is 0 Å². The Labute approximate surface area is 112 Å². The van der Waals surface area contributed by atoms with E-state index < -0.39 is 0 Å². The molecule has 3 heteroatoms. The summed E-state index contributed by atoms with van der Waals surface area (Å²) in [5.74, 6) is 0.124. The summed E-state index contributed by atoms with van der Waals surface area (Å²) >= 11 is 5.85. The largest absolute Gasteiger partial charge is 0.506 e. The van der Waals surface area contributed by atoms with Gasteiger partial charge in [-0.15, -0.1) is 0 Å². The van der Waals surface area contributed by atoms with Crippen LogP contribution in [0.5, 0.6) is 5.75 Å². The van der Waals surface area contributed by atoms with Crippen LogP contribution in [-0.2, 0) is 13.1 Å². The number of phenols is 1. The van der Waals surface area contributed by atoms with Crippen LogP contribution >= 0.6 is 11.6 Å². The first-order chi connectivity index (χ1) is 8.65. The predicted molar refractivity (Wildman–Crippen MR) is 74.8 cm³/mol. The van der Waals surface area contributed by atoms with E-state index in [1.54, 1.807) is 12.1 Å². The Hall–Kier alpha value is -1.51. The normalized spacial score (nSPS) is 10.6. The molecule has 0 aliphatic heterocycles. The van der Waals surface area contributed by atoms with Crippen LogP contribution < -0.4 is 5.32 Å². The van der Waals surface area contributed by atoms with Crippen LogP contribution in [-0.4, -0.2) is 5.11 Å². The molecule has 0 saturated heterocycles. The Morgan fingerprint density at radius 1 is 1.06 bits per heavy atom. The Bertz CT molecular complexity index is 540. The average Bonchev–Trinajstić information content (AvgIpc) is 2.34. The van der Waals surface area contributed by atoms with Crippen molar-refractivity contribution in [2.75, 3.05) is 0 Å². The Morgan fingerprint density at radius 2 is 1.78 bits per heavy atom. The third-order valence-electron chi connectivity index (χ3n) is 2.75. The molecule has 2 rings (SSSR count). The molecule has 0 amide bonds. The number of nitrogens with one attached hydrogen (secondary N) is 1. The maximum absolute atomic E-state index is 9.33. The molecule has 94 valence electrons. The molecule has 0 aliphatic carbocycles. The lowest BCUT2D eigenvalue weighted by Crippen LogP contribution is -2.12. The summed E-state index contributed by atoms with van der Waals surface area (Å²) in [4.78, 5) is 0. The van der Waals surface area contributed by atoms with Crippen molar-refractivity contribution in [2.24, 2.45) is 0 Å². The van der Waals surface area contributed by atoms with Crippen molar-refractivity contribution >= 4 is 11.6 Å². The fraction of sp³-hybridized carbons (Fsp3) is 0.200. The molecule has 0 saturated carbocycles. The minimum atomic E-state index is 0.124. The van der Waals surface area contributed by atoms with E-state index in [0.29, 0.717) is 5.02 Å². The molecule has 0 fully saturated rings. The van der Waals surface area contributed by atoms with Crippen molar-refractivity contribution < 1.29 is 5.11 Å². The maximum atomic E-state index is 9.33. The van der Waals surface area contributed by atoms with Gasteiger partial charge in [-0.2, -0.15) is 0 Å². The molecule has 2 aromatic rings. The van der Waals surface area contributed by atoms with Crippen molar-refractivity contribution in [3.63, 3.8) is 0 Å². The van der Waals surface area contributed by atoms with E-state index in [2.05, 4.69) is 36.5 Å². The first kappa shape index (κ1) is 12.9. The van der Waals surface area contributed by atoms with E-state index in [0.717, 1.165) is 18.7 Å². The SMILES string of the molecule is Cc1cccc(CNCc2ccc(O)c(Cl)c2)c1. The van der Waals surface area contributed by atoms with Gasteiger partial charge < -0.3 is 10.4 Å². The van der Waals surface area contributed by atoms with Crippen molar-refractivity contribution in [1.82, 2.24) is 5.32 Å². The van der Waals surface area contributed by atoms with Crippen LogP contribution in [0.25, 0.3) is 0 Å². The number of benzene rings is 2. The molecular formula is C15H16ClNO. The zero-order valence-electron chi connectivity index (χ0n) is 10.3. The number of hydrogen-bond acceptors (Lipinski definition) is 2. The maximum Gasteiger partial charge on any atom is 0.134 e. The van der Waals surface area contributed by atoms with Gasteiger partial charge in [-0.05, 0) is 30.2 Å². The van der Waals surface area contributed by atoms with Crippen LogP contribution in [0.4, 0.5) is 0 Å². The third kappa shape index (κ3) is 3.49. The summed E-state index contributed by atoms with van der Waals surface area (Å²) in [5, 5.41) is 13.1. The Kier molecular flexibility index (Phi) is 4.24. The summed E-state index contributed by atoms with van der Waals surface area (Å²) in [7, 11) is 0. The van der Waals surface area contributed by atoms with Crippen molar-refractivity contribution in [3.05, 3.63) is 64.2 Å². The van der Waals surface area contributed by atoms with E-state index in [9.17, 15) is 5.11 Å². The minimum absolute atomic E-state index is 0.124. The standard InChI is InChI=1S/C15H16ClNO/c1-11-3-2-4-12(7-11)9-17-10-13-5-6-15(18)14(16)8-13/h2-8,17-18H,9-10H2,1H3. The molecule has 2 nitrogen and oxygen atoms in total. The third-order valence-corrected chi connectivity index (χ3v) is 3.06. The molecule has 2 aromatic carbocycles. The number of halogens is 1. The van der Waals surface area contributed by atoms with E-state index in [4.69, 9.17) is 11.6 Å². The number of hydrogen-bond donors (Lipinski definition) is 2. The highest BCUT2D eigenvalue weighted by molar-refractivity contribution is 6.32. The van der Waals surface area contributed by atoms with Gasteiger partial charge in [-0.25, -0.2) is 0 Å². The van der Waals surface area contributed by atoms with E-state index in [1.165, 1.54) is 11.1 Å². The van der Waals surface area contributed by atoms with Gasteiger partial charge in [0.25, 0.3) is 0 Å². The van der Waals surface area contributed by atoms with Crippen LogP contribution in [0, 0.1) is 6.92 Å². The van der Waals surface area contributed by atoms with Crippen molar-refractivity contribution in [2.45, 2.75) is 20.0 Å². The lowest BCUT2D eigenvalue weighted by atomic mass is 10.1. The zero-order valence-corrected chi connectivity index (χ0v) is 11.0. The molecule has 0 spiro atoms. The summed E-state index contributed by atoms with van der Waals surface area (Å²) in [6.45, 7) is 3.64. The average molecular weight is 262 g/mol. The summed E-state index contributed by atoms with van der Waals surface area (Å²) in [5.41, 5.74) is 3.59. The second-order valence-corrected chi connectivity index (χ2v) is 4.79. The van der Waals surface area contributed by atoms with Gasteiger partial charge >= 0.3 is 0 Å². The second kappa shape index (κ2) is 5.89. The van der Waals surface area contributed by atoms with Crippen LogP contribution in [0.1, 0.15) is 16.7 Å². The van der Waals surface area contributed by atoms with E-state index in [1.807, 2.05) is 6.07 Å². The monoisotopic (exact) mass is 261 g/mol. The quantitative estimate of drug-likeness (QED) is 0.881. The second-order valence-electron chi connectivity index (χ2n) is 4.38. The highest BCUT2D eigenvalue weighted by Crippen LogP contribution is 2.23. The summed E-state index contributed by atoms with van der Waals surface area (Å²) in [6.07, 6.45) is 0. The fourth-order valence-corrected chi connectivity index (χ4v) is 2.04. The first-order valence-electron chi connectivity index (χ1n) is 5.89. The van der Waals surface area contributed by atoms with Gasteiger partial charge in [0.1, 0.15) is 5.75 Å². The minimum Gasteiger partial charge on any atom is -0.506 e. The highest BCUT2D eigenvalue weighted by Gasteiger charge is 2.00. The summed E-state index contributed by atoms with van der Waals surface area (Å²) in [6, 6.07) is 13.7. The Morgan fingerprint density at radius 3 is 2.44 bits per heavy atom. The van der Waals surface area contributed by atoms with Crippen molar-refractivity contribution in [1.29, 1.82) is 0 Å². The first-order valence-corrected chi connectivity index (χ1v) is 6.26. The van der Waals surface area contributed by atoms with Crippen LogP contribution in [0.15, 0.2) is 42.5 Å². The van der Waals surface area contributed by atoms with E-state index in [-0.39, 0.29) is 5.75 Å². The van der Waals surface area contributed by atoms with Crippen LogP contribution in [0.3, 0.4) is 0 Å². The van der Waals surface area contributed by atoms with Crippen LogP contribution in [0.2, 0.25) is 5.02 Å². The number of rotatable bonds is 4. The highest BCUT2D eigenvalue weighted by atomic mass is 35.5. The molecule has 0 bridgehead atoms. The molecule has 0 aliphatic rings. The predicted octanol–water partition coefficient (Wildman–Crippen LogP) is 3.64. The number of phenolic OH excluding ortho intramolecular Hbond substituents is 1. The molecule has 0 heterocycles. The van der Waals surface area contributed by atoms with Gasteiger partial charge in [0.05, 0.1) is 5.02 Å². The van der Waals surface area contributed by atoms with Crippen molar-refractivity contribution in [3.8, 4) is 5.75 Å². The number of aromatic hydroxyl groups is 1. The van der Waals surface area contributed by atoms with Gasteiger partial charge in [-0.3, -0.25) is 0 Å². The lowest BCUT2D eigenvalue weighted by Gasteiger charge is -2.07. The summed E-state index contributed by atoms with van der Waals surface area (Å²) < 4.78 is 0. The fourth-order valence-electron chi connectivity index (χ4n) is 1.83. The lowest BCUT2D eigenvalue weighted by molar-refractivity contribution is 0.475. The van der Waals surface area contributed by atoms with Gasteiger partial charge in [0, 0.05) is 13.1 Å². The van der Waals surface area contributed by atoms with Gasteiger partial charge in [0.2, 0.25) is 0 Å². The van der Waals surface area contributed by atoms with E-state index >= 15 is 0 Å². The molecule has 2 N–H and O–H groups in total. The molecular weight excluding hydrogens is 246 g/mol. The Balaban J connectivity index is 1.90. The molecule has 18 heavy (non-hydrogen) atoms. The topological polar surface area (TPSA) is 32.3 Å². The molecule has 0 aromatic heterocycles. The molecule has 0 radical (unpaired) electrons. The smallest absolute Gasteiger partial charge is 0.134 e. The number of aryl methyl sites for hydroxylation is 1. The molecule has 0 unspecified atom stereocenters. The zero-order chi connectivity index (χ0) is 13.0. The molecule has 0 atom stereocenters.